The summed E-state index contributed by atoms with van der Waals surface area (Å²) in [5, 5.41) is 0.518. The number of rotatable bonds is 3. The Morgan fingerprint density at radius 2 is 1.92 bits per heavy atom. The third-order valence-electron chi connectivity index (χ3n) is 4.40. The van der Waals surface area contributed by atoms with Gasteiger partial charge in [-0.25, -0.2) is 17.5 Å². The Labute approximate surface area is 155 Å². The largest absolute Gasteiger partial charge is 0.423 e. The van der Waals surface area contributed by atoms with Crippen LogP contribution in [0.2, 0.25) is 5.02 Å². The molecule has 1 aliphatic heterocycles. The van der Waals surface area contributed by atoms with Crippen LogP contribution in [0.1, 0.15) is 39.1 Å². The van der Waals surface area contributed by atoms with Gasteiger partial charge >= 0.3 is 5.97 Å². The zero-order chi connectivity index (χ0) is 18.6. The van der Waals surface area contributed by atoms with Crippen LogP contribution in [0.25, 0.3) is 0 Å². The fraction of sp³-hybridized carbons (Fsp3) is 0.222. The summed E-state index contributed by atoms with van der Waals surface area (Å²) < 4.78 is 31.5. The van der Waals surface area contributed by atoms with Gasteiger partial charge in [0.05, 0.1) is 11.1 Å². The van der Waals surface area contributed by atoms with E-state index in [9.17, 15) is 18.0 Å². The highest BCUT2D eigenvalue weighted by Gasteiger charge is 2.48. The molecule has 0 spiro atoms. The molecule has 0 atom stereocenters. The fourth-order valence-electron chi connectivity index (χ4n) is 2.93. The lowest BCUT2D eigenvalue weighted by Gasteiger charge is -2.13. The van der Waals surface area contributed by atoms with Crippen molar-refractivity contribution in [1.82, 2.24) is 4.31 Å². The van der Waals surface area contributed by atoms with Crippen molar-refractivity contribution in [2.45, 2.75) is 30.7 Å². The second-order valence-electron chi connectivity index (χ2n) is 6.35. The van der Waals surface area contributed by atoms with Gasteiger partial charge in [0.2, 0.25) is 0 Å². The number of carbonyl (C=O) groups excluding carboxylic acids is 2. The van der Waals surface area contributed by atoms with E-state index in [2.05, 4.69) is 0 Å². The van der Waals surface area contributed by atoms with Gasteiger partial charge in [-0.3, -0.25) is 4.79 Å². The number of nitrogens with zero attached hydrogens (tertiary/aromatic N) is 1. The molecule has 1 fully saturated rings. The van der Waals surface area contributed by atoms with Crippen LogP contribution in [0.3, 0.4) is 0 Å². The van der Waals surface area contributed by atoms with E-state index in [1.165, 1.54) is 18.2 Å². The van der Waals surface area contributed by atoms with E-state index in [0.717, 1.165) is 4.31 Å². The first-order chi connectivity index (χ1) is 12.3. The van der Waals surface area contributed by atoms with Crippen LogP contribution < -0.4 is 4.74 Å². The molecular weight excluding hydrogens is 378 g/mol. The van der Waals surface area contributed by atoms with Crippen molar-refractivity contribution < 1.29 is 22.7 Å². The first kappa shape index (κ1) is 17.1. The predicted molar refractivity (Wildman–Crippen MR) is 94.0 cm³/mol. The molecule has 2 aliphatic rings. The summed E-state index contributed by atoms with van der Waals surface area (Å²) in [6.45, 7) is 1.74. The molecule has 0 aromatic heterocycles. The third kappa shape index (κ3) is 2.68. The number of aryl methyl sites for hydroxylation is 1. The number of halogens is 1. The molecule has 6 nitrogen and oxygen atoms in total. The van der Waals surface area contributed by atoms with Crippen LogP contribution in [0.4, 0.5) is 0 Å². The molecule has 4 rings (SSSR count). The van der Waals surface area contributed by atoms with Gasteiger partial charge in [0.15, 0.2) is 0 Å². The maximum atomic E-state index is 12.6. The van der Waals surface area contributed by atoms with Crippen LogP contribution in [0, 0.1) is 6.92 Å². The topological polar surface area (TPSA) is 80.8 Å². The molecule has 1 amide bonds. The minimum absolute atomic E-state index is 0.0621. The number of sulfonamides is 1. The van der Waals surface area contributed by atoms with Gasteiger partial charge in [-0.05, 0) is 61.7 Å². The van der Waals surface area contributed by atoms with Crippen molar-refractivity contribution in [3.8, 4) is 5.75 Å². The van der Waals surface area contributed by atoms with Crippen molar-refractivity contribution in [3.05, 3.63) is 58.1 Å². The first-order valence-electron chi connectivity index (χ1n) is 8.00. The Kier molecular flexibility index (Phi) is 3.82. The lowest BCUT2D eigenvalue weighted by Crippen LogP contribution is -2.31. The average Bonchev–Trinajstić information content (AvgIpc) is 3.38. The number of fused-ring (bicyclic) bond motifs is 1. The second-order valence-corrected chi connectivity index (χ2v) is 8.57. The maximum Gasteiger partial charge on any atom is 0.343 e. The van der Waals surface area contributed by atoms with Gasteiger partial charge in [0, 0.05) is 11.1 Å². The summed E-state index contributed by atoms with van der Waals surface area (Å²) >= 11 is 5.88. The summed E-state index contributed by atoms with van der Waals surface area (Å²) in [5.41, 5.74) is 0.831. The van der Waals surface area contributed by atoms with E-state index in [0.29, 0.717) is 29.2 Å². The van der Waals surface area contributed by atoms with Gasteiger partial charge in [0.25, 0.3) is 15.9 Å². The predicted octanol–water partition coefficient (Wildman–Crippen LogP) is 3.17. The van der Waals surface area contributed by atoms with Crippen LogP contribution >= 0.6 is 11.6 Å². The highest BCUT2D eigenvalue weighted by Crippen LogP contribution is 2.39. The summed E-state index contributed by atoms with van der Waals surface area (Å²) in [6, 6.07) is 8.52. The van der Waals surface area contributed by atoms with Crippen molar-refractivity contribution in [2.75, 3.05) is 0 Å². The number of hydrogen-bond donors (Lipinski definition) is 0. The summed E-state index contributed by atoms with van der Waals surface area (Å²) in [6.07, 6.45) is 1.34. The lowest BCUT2D eigenvalue weighted by atomic mass is 10.1. The molecule has 0 N–H and O–H groups in total. The zero-order valence-electron chi connectivity index (χ0n) is 13.7. The number of ether oxygens (including phenoxy) is 1. The summed E-state index contributed by atoms with van der Waals surface area (Å²) in [5.74, 6) is -0.903. The molecular formula is C18H14ClNO5S. The smallest absolute Gasteiger partial charge is 0.343 e. The molecule has 1 saturated carbocycles. The van der Waals surface area contributed by atoms with Gasteiger partial charge in [-0.15, -0.1) is 0 Å². The number of hydrogen-bond acceptors (Lipinski definition) is 5. The summed E-state index contributed by atoms with van der Waals surface area (Å²) in [4.78, 5) is 24.6. The first-order valence-corrected chi connectivity index (χ1v) is 9.82. The average molecular weight is 392 g/mol. The Bertz CT molecular complexity index is 1060. The molecule has 134 valence electrons. The zero-order valence-corrected chi connectivity index (χ0v) is 15.3. The van der Waals surface area contributed by atoms with E-state index in [1.807, 2.05) is 0 Å². The highest BCUT2D eigenvalue weighted by molar-refractivity contribution is 7.90. The monoisotopic (exact) mass is 391 g/mol. The fourth-order valence-corrected chi connectivity index (χ4v) is 5.00. The lowest BCUT2D eigenvalue weighted by molar-refractivity contribution is 0.0732. The van der Waals surface area contributed by atoms with Gasteiger partial charge in [-0.2, -0.15) is 0 Å². The molecule has 26 heavy (non-hydrogen) atoms. The molecule has 8 heteroatoms. The Hall–Kier alpha value is -2.38. The number of benzene rings is 2. The minimum Gasteiger partial charge on any atom is -0.423 e. The number of esters is 1. The SMILES string of the molecule is Cc1cc(Cl)ccc1OC(=O)c1ccc2c(c1)S(=O)(=O)N(C1CC1)C2=O. The molecule has 0 unspecified atom stereocenters. The van der Waals surface area contributed by atoms with Gasteiger partial charge in [-0.1, -0.05) is 11.6 Å². The van der Waals surface area contributed by atoms with Gasteiger partial charge < -0.3 is 4.74 Å². The minimum atomic E-state index is -3.92. The number of carbonyl (C=O) groups is 2. The molecule has 2 aromatic rings. The van der Waals surface area contributed by atoms with Crippen molar-refractivity contribution in [3.63, 3.8) is 0 Å². The van der Waals surface area contributed by atoms with E-state index >= 15 is 0 Å². The molecule has 1 heterocycles. The van der Waals surface area contributed by atoms with E-state index in [4.69, 9.17) is 16.3 Å². The van der Waals surface area contributed by atoms with Crippen molar-refractivity contribution in [1.29, 1.82) is 0 Å². The van der Waals surface area contributed by atoms with E-state index in [-0.39, 0.29) is 22.1 Å². The van der Waals surface area contributed by atoms with Gasteiger partial charge in [0.1, 0.15) is 10.6 Å². The quantitative estimate of drug-likeness (QED) is 0.593. The van der Waals surface area contributed by atoms with Crippen LogP contribution in [-0.4, -0.2) is 30.6 Å². The van der Waals surface area contributed by atoms with Crippen LogP contribution in [-0.2, 0) is 10.0 Å². The standard InChI is InChI=1S/C18H14ClNO5S/c1-10-8-12(19)3-7-15(10)25-18(22)11-2-6-14-16(9-11)26(23,24)20(17(14)21)13-4-5-13/h2-3,6-9,13H,4-5H2,1H3. The Morgan fingerprint density at radius 3 is 2.58 bits per heavy atom. The summed E-state index contributed by atoms with van der Waals surface area (Å²) in [7, 11) is -3.92. The molecule has 2 aromatic carbocycles. The van der Waals surface area contributed by atoms with Crippen LogP contribution in [0.5, 0.6) is 5.75 Å². The molecule has 0 bridgehead atoms. The van der Waals surface area contributed by atoms with Crippen molar-refractivity contribution >= 4 is 33.5 Å². The Balaban J connectivity index is 1.67. The van der Waals surface area contributed by atoms with E-state index in [1.54, 1.807) is 25.1 Å². The van der Waals surface area contributed by atoms with Crippen LogP contribution in [0.15, 0.2) is 41.3 Å². The highest BCUT2D eigenvalue weighted by atomic mass is 35.5. The third-order valence-corrected chi connectivity index (χ3v) is 6.51. The van der Waals surface area contributed by atoms with Crippen molar-refractivity contribution in [2.24, 2.45) is 0 Å². The maximum absolute atomic E-state index is 12.6. The molecule has 1 aliphatic carbocycles. The molecule has 0 radical (unpaired) electrons. The molecule has 0 saturated heterocycles. The Morgan fingerprint density at radius 1 is 1.19 bits per heavy atom. The number of amides is 1. The second kappa shape index (κ2) is 5.82. The normalized spacial score (nSPS) is 17.9. The van der Waals surface area contributed by atoms with E-state index < -0.39 is 21.9 Å².